The van der Waals surface area contributed by atoms with Gasteiger partial charge in [0.25, 0.3) is 0 Å². The molecule has 2 unspecified atom stereocenters. The summed E-state index contributed by atoms with van der Waals surface area (Å²) in [6, 6.07) is 0.527. The van der Waals surface area contributed by atoms with Crippen LogP contribution in [0.5, 0.6) is 0 Å². The lowest BCUT2D eigenvalue weighted by molar-refractivity contribution is 0.166. The molecule has 1 rings (SSSR count). The molecule has 0 aromatic heterocycles. The molecule has 0 saturated carbocycles. The molecule has 0 aliphatic carbocycles. The fourth-order valence-corrected chi connectivity index (χ4v) is 1.39. The maximum atomic E-state index is 5.39. The summed E-state index contributed by atoms with van der Waals surface area (Å²) in [6.07, 6.45) is 5.29. The Morgan fingerprint density at radius 1 is 1.67 bits per heavy atom. The van der Waals surface area contributed by atoms with Crippen molar-refractivity contribution in [2.75, 3.05) is 13.2 Å². The van der Waals surface area contributed by atoms with Crippen molar-refractivity contribution in [3.05, 3.63) is 0 Å². The second kappa shape index (κ2) is 3.47. The normalized spacial score (nSPS) is 29.7. The number of hydrogen-bond donors (Lipinski definition) is 1. The Balaban J connectivity index is 2.48. The summed E-state index contributed by atoms with van der Waals surface area (Å²) in [7, 11) is 0. The Hall–Kier alpha value is -0.520. The van der Waals surface area contributed by atoms with Crippen LogP contribution in [0.25, 0.3) is 0 Å². The molecule has 0 radical (unpaired) electrons. The maximum absolute atomic E-state index is 5.39. The Morgan fingerprint density at radius 3 is 2.75 bits per heavy atom. The molecule has 2 heteroatoms. The molecule has 2 atom stereocenters. The molecule has 0 aromatic rings. The number of hydrogen-bond acceptors (Lipinski definition) is 2. The zero-order valence-corrected chi connectivity index (χ0v) is 8.05. The van der Waals surface area contributed by atoms with E-state index in [0.717, 1.165) is 13.2 Å². The highest BCUT2D eigenvalue weighted by Crippen LogP contribution is 2.27. The first-order chi connectivity index (χ1) is 5.56. The van der Waals surface area contributed by atoms with Crippen LogP contribution in [-0.4, -0.2) is 25.3 Å². The molecule has 0 bridgehead atoms. The molecule has 1 aliphatic rings. The van der Waals surface area contributed by atoms with Crippen LogP contribution in [0.1, 0.15) is 20.8 Å². The number of rotatable bonds is 2. The van der Waals surface area contributed by atoms with E-state index in [2.05, 4.69) is 25.1 Å². The van der Waals surface area contributed by atoms with E-state index in [1.165, 1.54) is 0 Å². The van der Waals surface area contributed by atoms with Gasteiger partial charge in [0.1, 0.15) is 0 Å². The van der Waals surface area contributed by atoms with Gasteiger partial charge in [-0.3, -0.25) is 5.32 Å². The first-order valence-electron chi connectivity index (χ1n) is 4.36. The van der Waals surface area contributed by atoms with Gasteiger partial charge in [0, 0.05) is 11.5 Å². The van der Waals surface area contributed by atoms with Crippen LogP contribution in [0.15, 0.2) is 0 Å². The predicted molar refractivity (Wildman–Crippen MR) is 49.8 cm³/mol. The Morgan fingerprint density at radius 2 is 2.33 bits per heavy atom. The van der Waals surface area contributed by atoms with Crippen molar-refractivity contribution in [1.29, 1.82) is 0 Å². The standard InChI is InChI=1S/C10H17NO/c1-5-8(2)11-9-6-12-7-10(9,3)4/h1,8-9,11H,6-7H2,2-4H3. The monoisotopic (exact) mass is 167 g/mol. The van der Waals surface area contributed by atoms with E-state index < -0.39 is 0 Å². The number of terminal acetylenes is 1. The second-order valence-corrected chi connectivity index (χ2v) is 4.11. The van der Waals surface area contributed by atoms with E-state index >= 15 is 0 Å². The van der Waals surface area contributed by atoms with Crippen molar-refractivity contribution in [3.63, 3.8) is 0 Å². The fourth-order valence-electron chi connectivity index (χ4n) is 1.39. The molecule has 1 N–H and O–H groups in total. The lowest BCUT2D eigenvalue weighted by atomic mass is 9.87. The third-order valence-electron chi connectivity index (χ3n) is 2.40. The highest BCUT2D eigenvalue weighted by atomic mass is 16.5. The van der Waals surface area contributed by atoms with Crippen molar-refractivity contribution in [2.45, 2.75) is 32.9 Å². The van der Waals surface area contributed by atoms with E-state index in [4.69, 9.17) is 11.2 Å². The van der Waals surface area contributed by atoms with Gasteiger partial charge in [-0.1, -0.05) is 19.8 Å². The smallest absolute Gasteiger partial charge is 0.0661 e. The van der Waals surface area contributed by atoms with E-state index in [9.17, 15) is 0 Å². The third-order valence-corrected chi connectivity index (χ3v) is 2.40. The van der Waals surface area contributed by atoms with Crippen LogP contribution in [0.2, 0.25) is 0 Å². The van der Waals surface area contributed by atoms with Crippen molar-refractivity contribution >= 4 is 0 Å². The molecule has 0 spiro atoms. The zero-order valence-electron chi connectivity index (χ0n) is 8.05. The molecule has 1 heterocycles. The van der Waals surface area contributed by atoms with Gasteiger partial charge in [-0.15, -0.1) is 6.42 Å². The number of ether oxygens (including phenoxy) is 1. The van der Waals surface area contributed by atoms with Crippen molar-refractivity contribution < 1.29 is 4.74 Å². The summed E-state index contributed by atoms with van der Waals surface area (Å²) in [4.78, 5) is 0. The van der Waals surface area contributed by atoms with Crippen LogP contribution >= 0.6 is 0 Å². The second-order valence-electron chi connectivity index (χ2n) is 4.11. The minimum absolute atomic E-state index is 0.135. The van der Waals surface area contributed by atoms with Gasteiger partial charge >= 0.3 is 0 Å². The molecule has 1 fully saturated rings. The van der Waals surface area contributed by atoms with E-state index in [1.54, 1.807) is 0 Å². The van der Waals surface area contributed by atoms with Crippen LogP contribution < -0.4 is 5.32 Å². The van der Waals surface area contributed by atoms with Crippen LogP contribution in [0.3, 0.4) is 0 Å². The summed E-state index contributed by atoms with van der Waals surface area (Å²) in [5.74, 6) is 2.66. The van der Waals surface area contributed by atoms with Crippen molar-refractivity contribution in [2.24, 2.45) is 5.41 Å². The topological polar surface area (TPSA) is 21.3 Å². The number of nitrogens with one attached hydrogen (secondary N) is 1. The van der Waals surface area contributed by atoms with Crippen LogP contribution in [0, 0.1) is 17.8 Å². The average molecular weight is 167 g/mol. The summed E-state index contributed by atoms with van der Waals surface area (Å²) in [6.45, 7) is 7.98. The van der Waals surface area contributed by atoms with Gasteiger partial charge in [0.05, 0.1) is 19.3 Å². The van der Waals surface area contributed by atoms with Crippen LogP contribution in [-0.2, 0) is 4.74 Å². The first kappa shape index (κ1) is 9.57. The molecule has 12 heavy (non-hydrogen) atoms. The maximum Gasteiger partial charge on any atom is 0.0661 e. The minimum atomic E-state index is 0.135. The zero-order chi connectivity index (χ0) is 9.19. The molecule has 0 aromatic carbocycles. The minimum Gasteiger partial charge on any atom is -0.379 e. The highest BCUT2D eigenvalue weighted by Gasteiger charge is 2.35. The van der Waals surface area contributed by atoms with Gasteiger partial charge in [-0.05, 0) is 6.92 Å². The van der Waals surface area contributed by atoms with Gasteiger partial charge in [0.15, 0.2) is 0 Å². The molecule has 1 aliphatic heterocycles. The molecular weight excluding hydrogens is 150 g/mol. The molecule has 0 amide bonds. The van der Waals surface area contributed by atoms with Crippen molar-refractivity contribution in [3.8, 4) is 12.3 Å². The first-order valence-corrected chi connectivity index (χ1v) is 4.36. The summed E-state index contributed by atoms with van der Waals surface area (Å²) in [5.41, 5.74) is 0.213. The lowest BCUT2D eigenvalue weighted by Gasteiger charge is -2.26. The molecule has 1 saturated heterocycles. The molecule has 68 valence electrons. The molecule has 2 nitrogen and oxygen atoms in total. The van der Waals surface area contributed by atoms with Crippen molar-refractivity contribution in [1.82, 2.24) is 5.32 Å². The Labute approximate surface area is 74.7 Å². The van der Waals surface area contributed by atoms with E-state index in [0.29, 0.717) is 6.04 Å². The van der Waals surface area contributed by atoms with E-state index in [-0.39, 0.29) is 11.5 Å². The molecular formula is C10H17NO. The van der Waals surface area contributed by atoms with Gasteiger partial charge in [-0.2, -0.15) is 0 Å². The SMILES string of the molecule is C#CC(C)NC1COCC1(C)C. The lowest BCUT2D eigenvalue weighted by Crippen LogP contribution is -2.44. The van der Waals surface area contributed by atoms with Gasteiger partial charge in [-0.25, -0.2) is 0 Å². The van der Waals surface area contributed by atoms with Crippen LogP contribution in [0.4, 0.5) is 0 Å². The summed E-state index contributed by atoms with van der Waals surface area (Å²) < 4.78 is 5.39. The third kappa shape index (κ3) is 2.00. The quantitative estimate of drug-likeness (QED) is 0.620. The summed E-state index contributed by atoms with van der Waals surface area (Å²) in [5, 5.41) is 3.36. The highest BCUT2D eigenvalue weighted by molar-refractivity contribution is 5.00. The Bertz CT molecular complexity index is 193. The fraction of sp³-hybridized carbons (Fsp3) is 0.800. The summed E-state index contributed by atoms with van der Waals surface area (Å²) >= 11 is 0. The predicted octanol–water partition coefficient (Wildman–Crippen LogP) is 1.02. The largest absolute Gasteiger partial charge is 0.379 e. The van der Waals surface area contributed by atoms with Gasteiger partial charge in [0.2, 0.25) is 0 Å². The average Bonchev–Trinajstić information content (AvgIpc) is 2.31. The van der Waals surface area contributed by atoms with E-state index in [1.807, 2.05) is 6.92 Å². The Kier molecular flexibility index (Phi) is 2.76. The van der Waals surface area contributed by atoms with Gasteiger partial charge < -0.3 is 4.74 Å².